The van der Waals surface area contributed by atoms with E-state index in [1.165, 1.54) is 0 Å². The van der Waals surface area contributed by atoms with Gasteiger partial charge in [0.2, 0.25) is 0 Å². The molecular weight excluding hydrogens is 280 g/mol. The third-order valence-electron chi connectivity index (χ3n) is 3.39. The summed E-state index contributed by atoms with van der Waals surface area (Å²) in [5, 5.41) is 5.65. The van der Waals surface area contributed by atoms with Crippen molar-refractivity contribution in [2.24, 2.45) is 0 Å². The number of hydrogen-bond acceptors (Lipinski definition) is 3. The van der Waals surface area contributed by atoms with Crippen molar-refractivity contribution < 1.29 is 14.3 Å². The van der Waals surface area contributed by atoms with Gasteiger partial charge in [0.1, 0.15) is 11.5 Å². The van der Waals surface area contributed by atoms with E-state index in [2.05, 4.69) is 10.6 Å². The van der Waals surface area contributed by atoms with E-state index in [0.29, 0.717) is 22.9 Å². The van der Waals surface area contributed by atoms with Crippen molar-refractivity contribution in [1.29, 1.82) is 0 Å². The van der Waals surface area contributed by atoms with Gasteiger partial charge in [-0.15, -0.1) is 0 Å². The standard InChI is InChI=1S/C17H20N2O3/c1-11-7-5-9-13(21-3)15(11)18-17(20)19-16-12(2)8-6-10-14(16)22-4/h5-10H,1-4H3,(H2,18,19,20). The molecule has 0 spiro atoms. The van der Waals surface area contributed by atoms with Gasteiger partial charge in [0.25, 0.3) is 0 Å². The molecule has 0 aliphatic rings. The third-order valence-corrected chi connectivity index (χ3v) is 3.39. The zero-order valence-corrected chi connectivity index (χ0v) is 13.2. The number of amides is 2. The first kappa shape index (κ1) is 15.7. The second-order valence-electron chi connectivity index (χ2n) is 4.88. The molecule has 0 aliphatic carbocycles. The summed E-state index contributed by atoms with van der Waals surface area (Å²) in [5.41, 5.74) is 3.14. The Morgan fingerprint density at radius 2 is 1.23 bits per heavy atom. The number of nitrogens with one attached hydrogen (secondary N) is 2. The van der Waals surface area contributed by atoms with Crippen LogP contribution in [0, 0.1) is 13.8 Å². The van der Waals surface area contributed by atoms with Gasteiger partial charge in [-0.2, -0.15) is 0 Å². The van der Waals surface area contributed by atoms with Crippen LogP contribution in [0.15, 0.2) is 36.4 Å². The number of ether oxygens (including phenoxy) is 2. The van der Waals surface area contributed by atoms with Crippen LogP contribution in [0.2, 0.25) is 0 Å². The molecule has 2 amide bonds. The number of benzene rings is 2. The average Bonchev–Trinajstić information content (AvgIpc) is 2.51. The number of urea groups is 1. The fourth-order valence-corrected chi connectivity index (χ4v) is 2.20. The highest BCUT2D eigenvalue weighted by atomic mass is 16.5. The van der Waals surface area contributed by atoms with Crippen LogP contribution in [0.5, 0.6) is 11.5 Å². The molecule has 0 unspecified atom stereocenters. The lowest BCUT2D eigenvalue weighted by Crippen LogP contribution is -2.21. The molecule has 5 nitrogen and oxygen atoms in total. The SMILES string of the molecule is COc1cccc(C)c1NC(=O)Nc1c(C)cccc1OC. The minimum atomic E-state index is -0.347. The summed E-state index contributed by atoms with van der Waals surface area (Å²) in [5.74, 6) is 1.23. The number of para-hydroxylation sites is 2. The molecule has 0 atom stereocenters. The normalized spacial score (nSPS) is 10.0. The lowest BCUT2D eigenvalue weighted by Gasteiger charge is -2.16. The lowest BCUT2D eigenvalue weighted by molar-refractivity contribution is 0.262. The number of rotatable bonds is 4. The van der Waals surface area contributed by atoms with Gasteiger partial charge in [-0.25, -0.2) is 4.79 Å². The summed E-state index contributed by atoms with van der Waals surface area (Å²) < 4.78 is 10.6. The van der Waals surface area contributed by atoms with Crippen molar-refractivity contribution in [2.75, 3.05) is 24.9 Å². The third kappa shape index (κ3) is 3.31. The second-order valence-corrected chi connectivity index (χ2v) is 4.88. The van der Waals surface area contributed by atoms with E-state index in [9.17, 15) is 4.79 Å². The van der Waals surface area contributed by atoms with Crippen molar-refractivity contribution in [3.8, 4) is 11.5 Å². The molecule has 2 aromatic carbocycles. The number of carbonyl (C=O) groups excluding carboxylic acids is 1. The van der Waals surface area contributed by atoms with Crippen molar-refractivity contribution >= 4 is 17.4 Å². The second kappa shape index (κ2) is 6.85. The van der Waals surface area contributed by atoms with Crippen LogP contribution in [-0.2, 0) is 0 Å². The molecule has 0 heterocycles. The average molecular weight is 300 g/mol. The van der Waals surface area contributed by atoms with Crippen LogP contribution in [-0.4, -0.2) is 20.3 Å². The van der Waals surface area contributed by atoms with Crippen LogP contribution in [0.1, 0.15) is 11.1 Å². The first-order valence-electron chi connectivity index (χ1n) is 6.92. The predicted molar refractivity (Wildman–Crippen MR) is 88.1 cm³/mol. The Morgan fingerprint density at radius 1 is 0.818 bits per heavy atom. The summed E-state index contributed by atoms with van der Waals surface area (Å²) in [7, 11) is 3.14. The Labute approximate surface area is 130 Å². The molecule has 0 saturated heterocycles. The fraction of sp³-hybridized carbons (Fsp3) is 0.235. The van der Waals surface area contributed by atoms with E-state index in [1.807, 2.05) is 38.1 Å². The van der Waals surface area contributed by atoms with Crippen LogP contribution in [0.25, 0.3) is 0 Å². The summed E-state index contributed by atoms with van der Waals surface area (Å²) in [6.45, 7) is 3.82. The zero-order valence-electron chi connectivity index (χ0n) is 13.2. The number of carbonyl (C=O) groups is 1. The highest BCUT2D eigenvalue weighted by molar-refractivity contribution is 6.02. The van der Waals surface area contributed by atoms with Gasteiger partial charge in [-0.05, 0) is 37.1 Å². The molecule has 22 heavy (non-hydrogen) atoms. The van der Waals surface area contributed by atoms with Crippen molar-refractivity contribution in [3.63, 3.8) is 0 Å². The monoisotopic (exact) mass is 300 g/mol. The van der Waals surface area contributed by atoms with E-state index in [1.54, 1.807) is 26.4 Å². The van der Waals surface area contributed by atoms with Gasteiger partial charge in [-0.1, -0.05) is 24.3 Å². The Kier molecular flexibility index (Phi) is 4.88. The molecular formula is C17H20N2O3. The Balaban J connectivity index is 2.22. The van der Waals surface area contributed by atoms with Crippen LogP contribution in [0.3, 0.4) is 0 Å². The van der Waals surface area contributed by atoms with Crippen LogP contribution < -0.4 is 20.1 Å². The maximum atomic E-state index is 12.3. The van der Waals surface area contributed by atoms with E-state index in [-0.39, 0.29) is 6.03 Å². The number of aryl methyl sites for hydroxylation is 2. The van der Waals surface area contributed by atoms with Gasteiger partial charge in [0.05, 0.1) is 25.6 Å². The Morgan fingerprint density at radius 3 is 1.59 bits per heavy atom. The molecule has 0 aromatic heterocycles. The maximum absolute atomic E-state index is 12.3. The molecule has 0 bridgehead atoms. The van der Waals surface area contributed by atoms with E-state index < -0.39 is 0 Å². The van der Waals surface area contributed by atoms with Gasteiger partial charge < -0.3 is 20.1 Å². The van der Waals surface area contributed by atoms with Gasteiger partial charge in [-0.3, -0.25) is 0 Å². The largest absolute Gasteiger partial charge is 0.495 e. The van der Waals surface area contributed by atoms with Crippen molar-refractivity contribution in [2.45, 2.75) is 13.8 Å². The molecule has 2 rings (SSSR count). The van der Waals surface area contributed by atoms with Gasteiger partial charge in [0, 0.05) is 0 Å². The molecule has 116 valence electrons. The highest BCUT2D eigenvalue weighted by Crippen LogP contribution is 2.30. The summed E-state index contributed by atoms with van der Waals surface area (Å²) in [6.07, 6.45) is 0. The minimum absolute atomic E-state index is 0.347. The Bertz CT molecular complexity index is 626. The molecule has 2 N–H and O–H groups in total. The maximum Gasteiger partial charge on any atom is 0.323 e. The fourth-order valence-electron chi connectivity index (χ4n) is 2.20. The van der Waals surface area contributed by atoms with Crippen LogP contribution >= 0.6 is 0 Å². The zero-order chi connectivity index (χ0) is 16.1. The quantitative estimate of drug-likeness (QED) is 0.898. The van der Waals surface area contributed by atoms with Gasteiger partial charge >= 0.3 is 6.03 Å². The van der Waals surface area contributed by atoms with E-state index >= 15 is 0 Å². The number of hydrogen-bond donors (Lipinski definition) is 2. The first-order valence-corrected chi connectivity index (χ1v) is 6.92. The smallest absolute Gasteiger partial charge is 0.323 e. The topological polar surface area (TPSA) is 59.6 Å². The molecule has 2 aromatic rings. The molecule has 0 fully saturated rings. The minimum Gasteiger partial charge on any atom is -0.495 e. The first-order chi connectivity index (χ1) is 10.6. The number of methoxy groups -OCH3 is 2. The Hall–Kier alpha value is -2.69. The molecule has 0 saturated carbocycles. The van der Waals surface area contributed by atoms with Crippen molar-refractivity contribution in [3.05, 3.63) is 47.5 Å². The predicted octanol–water partition coefficient (Wildman–Crippen LogP) is 3.96. The van der Waals surface area contributed by atoms with Gasteiger partial charge in [0.15, 0.2) is 0 Å². The molecule has 0 radical (unpaired) electrons. The lowest BCUT2D eigenvalue weighted by atomic mass is 10.2. The highest BCUT2D eigenvalue weighted by Gasteiger charge is 2.13. The summed E-state index contributed by atoms with van der Waals surface area (Å²) in [6, 6.07) is 10.8. The van der Waals surface area contributed by atoms with E-state index in [4.69, 9.17) is 9.47 Å². The number of anilines is 2. The summed E-state index contributed by atoms with van der Waals surface area (Å²) in [4.78, 5) is 12.3. The van der Waals surface area contributed by atoms with E-state index in [0.717, 1.165) is 11.1 Å². The molecule has 5 heteroatoms. The molecule has 0 aliphatic heterocycles. The van der Waals surface area contributed by atoms with Crippen LogP contribution in [0.4, 0.5) is 16.2 Å². The summed E-state index contributed by atoms with van der Waals surface area (Å²) >= 11 is 0. The van der Waals surface area contributed by atoms with Crippen molar-refractivity contribution in [1.82, 2.24) is 0 Å².